The lowest BCUT2D eigenvalue weighted by molar-refractivity contribution is 0.0606. The van der Waals surface area contributed by atoms with Crippen molar-refractivity contribution in [2.24, 2.45) is 0 Å². The molecular formula is C17H11Cl3O3S. The molecule has 24 heavy (non-hydrogen) atoms. The Kier molecular flexibility index (Phi) is 5.21. The fourth-order valence-electron chi connectivity index (χ4n) is 2.16. The lowest BCUT2D eigenvalue weighted by atomic mass is 10.2. The normalized spacial score (nSPS) is 10.8. The number of esters is 1. The highest BCUT2D eigenvalue weighted by Gasteiger charge is 2.18. The van der Waals surface area contributed by atoms with Gasteiger partial charge < -0.3 is 9.47 Å². The second-order valence-electron chi connectivity index (χ2n) is 4.92. The van der Waals surface area contributed by atoms with Gasteiger partial charge in [0.05, 0.1) is 12.1 Å². The lowest BCUT2D eigenvalue weighted by Gasteiger charge is -2.08. The minimum atomic E-state index is -0.448. The summed E-state index contributed by atoms with van der Waals surface area (Å²) in [7, 11) is 1.33. The molecule has 3 nitrogen and oxygen atoms in total. The molecule has 0 atom stereocenters. The number of thiophene rings is 1. The van der Waals surface area contributed by atoms with Gasteiger partial charge >= 0.3 is 5.97 Å². The molecule has 3 aromatic rings. The number of carbonyl (C=O) groups excluding carboxylic acids is 1. The standard InChI is InChI=1S/C17H11Cl3O3S/c1-22-17(21)16-15(20)12-5-4-11(7-14(12)24-16)23-8-9-2-3-10(18)6-13(9)19/h2-7H,8H2,1H3. The molecular weight excluding hydrogens is 391 g/mol. The van der Waals surface area contributed by atoms with Crippen molar-refractivity contribution in [3.8, 4) is 5.75 Å². The highest BCUT2D eigenvalue weighted by Crippen LogP contribution is 2.37. The predicted molar refractivity (Wildman–Crippen MR) is 99.0 cm³/mol. The number of fused-ring (bicyclic) bond motifs is 1. The van der Waals surface area contributed by atoms with E-state index in [9.17, 15) is 4.79 Å². The quantitative estimate of drug-likeness (QED) is 0.486. The first-order valence-corrected chi connectivity index (χ1v) is 8.81. The molecule has 0 saturated heterocycles. The largest absolute Gasteiger partial charge is 0.489 e. The lowest BCUT2D eigenvalue weighted by Crippen LogP contribution is -1.97. The average molecular weight is 402 g/mol. The summed E-state index contributed by atoms with van der Waals surface area (Å²) >= 11 is 19.5. The van der Waals surface area contributed by atoms with E-state index in [0.717, 1.165) is 15.6 Å². The minimum absolute atomic E-state index is 0.310. The summed E-state index contributed by atoms with van der Waals surface area (Å²) in [5, 5.41) is 2.32. The third-order valence-electron chi connectivity index (χ3n) is 3.38. The summed E-state index contributed by atoms with van der Waals surface area (Å²) in [4.78, 5) is 12.1. The van der Waals surface area contributed by atoms with E-state index in [0.29, 0.717) is 32.3 Å². The van der Waals surface area contributed by atoms with Crippen LogP contribution in [0.2, 0.25) is 15.1 Å². The van der Waals surface area contributed by atoms with E-state index in [1.807, 2.05) is 18.2 Å². The monoisotopic (exact) mass is 400 g/mol. The zero-order chi connectivity index (χ0) is 17.3. The molecule has 0 unspecified atom stereocenters. The van der Waals surface area contributed by atoms with Crippen molar-refractivity contribution < 1.29 is 14.3 Å². The fraction of sp³-hybridized carbons (Fsp3) is 0.118. The summed E-state index contributed by atoms with van der Waals surface area (Å²) in [6.45, 7) is 0.310. The van der Waals surface area contributed by atoms with Crippen molar-refractivity contribution in [3.63, 3.8) is 0 Å². The molecule has 0 radical (unpaired) electrons. The zero-order valence-corrected chi connectivity index (χ0v) is 15.5. The molecule has 0 aliphatic heterocycles. The number of carbonyl (C=O) groups is 1. The van der Waals surface area contributed by atoms with Crippen LogP contribution in [-0.4, -0.2) is 13.1 Å². The zero-order valence-electron chi connectivity index (χ0n) is 12.4. The number of rotatable bonds is 4. The van der Waals surface area contributed by atoms with E-state index < -0.39 is 5.97 Å². The van der Waals surface area contributed by atoms with Gasteiger partial charge in [0.2, 0.25) is 0 Å². The van der Waals surface area contributed by atoms with E-state index in [2.05, 4.69) is 0 Å². The van der Waals surface area contributed by atoms with Gasteiger partial charge in [-0.05, 0) is 30.3 Å². The van der Waals surface area contributed by atoms with E-state index >= 15 is 0 Å². The third-order valence-corrected chi connectivity index (χ3v) is 5.61. The van der Waals surface area contributed by atoms with Crippen molar-refractivity contribution in [2.45, 2.75) is 6.61 Å². The van der Waals surface area contributed by atoms with Crippen LogP contribution in [0.25, 0.3) is 10.1 Å². The smallest absolute Gasteiger partial charge is 0.349 e. The number of halogens is 3. The molecule has 0 N–H and O–H groups in total. The van der Waals surface area contributed by atoms with E-state index in [1.54, 1.807) is 18.2 Å². The minimum Gasteiger partial charge on any atom is -0.489 e. The van der Waals surface area contributed by atoms with Crippen LogP contribution in [0, 0.1) is 0 Å². The molecule has 0 amide bonds. The first-order chi connectivity index (χ1) is 11.5. The molecule has 3 rings (SSSR count). The Morgan fingerprint density at radius 3 is 2.62 bits per heavy atom. The average Bonchev–Trinajstić information content (AvgIpc) is 2.90. The van der Waals surface area contributed by atoms with E-state index in [-0.39, 0.29) is 0 Å². The van der Waals surface area contributed by atoms with Crippen LogP contribution in [-0.2, 0) is 11.3 Å². The van der Waals surface area contributed by atoms with Crippen LogP contribution in [0.1, 0.15) is 15.2 Å². The second-order valence-corrected chi connectivity index (χ2v) is 7.19. The van der Waals surface area contributed by atoms with E-state index in [4.69, 9.17) is 44.3 Å². The maximum Gasteiger partial charge on any atom is 0.349 e. The molecule has 7 heteroatoms. The number of benzene rings is 2. The second kappa shape index (κ2) is 7.19. The van der Waals surface area contributed by atoms with Crippen molar-refractivity contribution in [1.82, 2.24) is 0 Å². The highest BCUT2D eigenvalue weighted by molar-refractivity contribution is 7.21. The van der Waals surface area contributed by atoms with Gasteiger partial charge in [-0.15, -0.1) is 11.3 Å². The third kappa shape index (κ3) is 3.47. The van der Waals surface area contributed by atoms with Gasteiger partial charge in [-0.3, -0.25) is 0 Å². The maximum atomic E-state index is 11.7. The van der Waals surface area contributed by atoms with Gasteiger partial charge in [-0.1, -0.05) is 40.9 Å². The highest BCUT2D eigenvalue weighted by atomic mass is 35.5. The number of ether oxygens (including phenoxy) is 2. The summed E-state index contributed by atoms with van der Waals surface area (Å²) in [6, 6.07) is 10.7. The van der Waals surface area contributed by atoms with Crippen molar-refractivity contribution >= 4 is 62.2 Å². The number of hydrogen-bond donors (Lipinski definition) is 0. The Morgan fingerprint density at radius 1 is 1.12 bits per heavy atom. The van der Waals surface area contributed by atoms with Crippen LogP contribution >= 0.6 is 46.1 Å². The first-order valence-electron chi connectivity index (χ1n) is 6.86. The molecule has 1 heterocycles. The molecule has 0 aliphatic rings. The van der Waals surface area contributed by atoms with Gasteiger partial charge in [0, 0.05) is 25.7 Å². The van der Waals surface area contributed by atoms with Gasteiger partial charge in [0.15, 0.2) is 0 Å². The van der Waals surface area contributed by atoms with Crippen LogP contribution in [0.4, 0.5) is 0 Å². The van der Waals surface area contributed by atoms with E-state index in [1.165, 1.54) is 18.4 Å². The topological polar surface area (TPSA) is 35.5 Å². The van der Waals surface area contributed by atoms with Crippen molar-refractivity contribution in [1.29, 1.82) is 0 Å². The van der Waals surface area contributed by atoms with Crippen LogP contribution in [0.15, 0.2) is 36.4 Å². The fourth-order valence-corrected chi connectivity index (χ4v) is 4.08. The molecule has 124 valence electrons. The first kappa shape index (κ1) is 17.4. The molecule has 0 bridgehead atoms. The SMILES string of the molecule is COC(=O)c1sc2cc(OCc3ccc(Cl)cc3Cl)ccc2c1Cl. The van der Waals surface area contributed by atoms with Crippen molar-refractivity contribution in [2.75, 3.05) is 7.11 Å². The van der Waals surface area contributed by atoms with Crippen LogP contribution in [0.5, 0.6) is 5.75 Å². The summed E-state index contributed by atoms with van der Waals surface area (Å²) < 4.78 is 11.4. The Bertz CT molecular complexity index is 921. The van der Waals surface area contributed by atoms with Gasteiger partial charge in [0.25, 0.3) is 0 Å². The van der Waals surface area contributed by atoms with Crippen molar-refractivity contribution in [3.05, 3.63) is 61.9 Å². The molecule has 0 aliphatic carbocycles. The summed E-state index contributed by atoms with van der Waals surface area (Å²) in [6.07, 6.45) is 0. The number of methoxy groups -OCH3 is 1. The predicted octanol–water partition coefficient (Wildman–Crippen LogP) is 6.23. The number of hydrogen-bond acceptors (Lipinski definition) is 4. The molecule has 0 spiro atoms. The van der Waals surface area contributed by atoms with Gasteiger partial charge in [0.1, 0.15) is 17.2 Å². The molecule has 0 saturated carbocycles. The van der Waals surface area contributed by atoms with Crippen LogP contribution in [0.3, 0.4) is 0 Å². The van der Waals surface area contributed by atoms with Crippen LogP contribution < -0.4 is 4.74 Å². The molecule has 0 fully saturated rings. The Hall–Kier alpha value is -1.46. The summed E-state index contributed by atoms with van der Waals surface area (Å²) in [5.74, 6) is 0.208. The Morgan fingerprint density at radius 2 is 1.92 bits per heavy atom. The Balaban J connectivity index is 1.84. The van der Waals surface area contributed by atoms with Gasteiger partial charge in [-0.2, -0.15) is 0 Å². The molecule has 1 aromatic heterocycles. The molecule has 2 aromatic carbocycles. The maximum absolute atomic E-state index is 11.7. The summed E-state index contributed by atoms with van der Waals surface area (Å²) in [5.41, 5.74) is 0.834. The van der Waals surface area contributed by atoms with Gasteiger partial charge in [-0.25, -0.2) is 4.79 Å². The Labute approximate surface area is 157 Å².